The van der Waals surface area contributed by atoms with Gasteiger partial charge in [-0.2, -0.15) is 5.10 Å². The molecule has 2 unspecified atom stereocenters. The fraction of sp³-hybridized carbons (Fsp3) is 0.600. The van der Waals surface area contributed by atoms with Crippen molar-refractivity contribution in [3.63, 3.8) is 0 Å². The lowest BCUT2D eigenvalue weighted by Gasteiger charge is -2.37. The van der Waals surface area contributed by atoms with Crippen molar-refractivity contribution in [2.75, 3.05) is 13.2 Å². The fourth-order valence-electron chi connectivity index (χ4n) is 3.65. The van der Waals surface area contributed by atoms with Crippen molar-refractivity contribution < 1.29 is 9.53 Å². The lowest BCUT2D eigenvalue weighted by Crippen LogP contribution is -2.52. The van der Waals surface area contributed by atoms with E-state index in [1.165, 1.54) is 17.1 Å². The van der Waals surface area contributed by atoms with Gasteiger partial charge < -0.3 is 9.64 Å². The van der Waals surface area contributed by atoms with Crippen molar-refractivity contribution in [1.82, 2.24) is 24.2 Å². The number of carbonyl (C=O) groups excluding carboxylic acids is 1. The summed E-state index contributed by atoms with van der Waals surface area (Å²) >= 11 is 0. The molecule has 1 saturated heterocycles. The zero-order chi connectivity index (χ0) is 16.0. The van der Waals surface area contributed by atoms with Crippen LogP contribution in [-0.4, -0.2) is 55.4 Å². The van der Waals surface area contributed by atoms with E-state index in [0.717, 1.165) is 19.3 Å². The molecular formula is C15H19N5O3. The predicted octanol–water partition coefficient (Wildman–Crippen LogP) is -0.0901. The SMILES string of the molecule is Cn1ncc2c(=O)n(CC(=O)N3CCOC4CCCC43)cnc21. The zero-order valence-electron chi connectivity index (χ0n) is 13.0. The minimum Gasteiger partial charge on any atom is -0.374 e. The second-order valence-electron chi connectivity index (χ2n) is 6.18. The molecule has 1 aliphatic heterocycles. The van der Waals surface area contributed by atoms with Crippen LogP contribution in [0, 0.1) is 0 Å². The number of aryl methyl sites for hydroxylation is 1. The van der Waals surface area contributed by atoms with Crippen LogP contribution in [0.5, 0.6) is 0 Å². The van der Waals surface area contributed by atoms with Crippen molar-refractivity contribution in [3.05, 3.63) is 22.9 Å². The van der Waals surface area contributed by atoms with Gasteiger partial charge in [-0.25, -0.2) is 4.98 Å². The number of nitrogens with zero attached hydrogens (tertiary/aromatic N) is 5. The highest BCUT2D eigenvalue weighted by atomic mass is 16.5. The van der Waals surface area contributed by atoms with Gasteiger partial charge in [0.25, 0.3) is 5.56 Å². The molecule has 0 aromatic carbocycles. The van der Waals surface area contributed by atoms with Gasteiger partial charge in [-0.15, -0.1) is 0 Å². The summed E-state index contributed by atoms with van der Waals surface area (Å²) < 4.78 is 8.65. The molecule has 2 aromatic heterocycles. The van der Waals surface area contributed by atoms with Gasteiger partial charge in [0.2, 0.25) is 5.91 Å². The minimum atomic E-state index is -0.229. The molecule has 1 aliphatic carbocycles. The molecule has 2 fully saturated rings. The van der Waals surface area contributed by atoms with Crippen LogP contribution in [0.25, 0.3) is 11.0 Å². The van der Waals surface area contributed by atoms with E-state index in [4.69, 9.17) is 4.74 Å². The van der Waals surface area contributed by atoms with E-state index in [-0.39, 0.29) is 30.2 Å². The Balaban J connectivity index is 1.59. The van der Waals surface area contributed by atoms with Crippen LogP contribution in [0.15, 0.2) is 17.3 Å². The molecule has 1 amide bonds. The first kappa shape index (κ1) is 14.4. The van der Waals surface area contributed by atoms with Crippen molar-refractivity contribution in [1.29, 1.82) is 0 Å². The molecule has 8 heteroatoms. The molecule has 1 saturated carbocycles. The largest absolute Gasteiger partial charge is 0.374 e. The Bertz CT molecular complexity index is 811. The van der Waals surface area contributed by atoms with Crippen LogP contribution < -0.4 is 5.56 Å². The number of aromatic nitrogens is 4. The zero-order valence-corrected chi connectivity index (χ0v) is 13.0. The smallest absolute Gasteiger partial charge is 0.264 e. The highest BCUT2D eigenvalue weighted by molar-refractivity contribution is 5.77. The van der Waals surface area contributed by atoms with E-state index in [2.05, 4.69) is 10.1 Å². The van der Waals surface area contributed by atoms with E-state index < -0.39 is 0 Å². The maximum Gasteiger partial charge on any atom is 0.264 e. The Hall–Kier alpha value is -2.22. The molecule has 0 N–H and O–H groups in total. The third-order valence-corrected chi connectivity index (χ3v) is 4.83. The summed E-state index contributed by atoms with van der Waals surface area (Å²) in [6.07, 6.45) is 6.15. The van der Waals surface area contributed by atoms with Crippen LogP contribution in [0.4, 0.5) is 0 Å². The summed E-state index contributed by atoms with van der Waals surface area (Å²) in [5.41, 5.74) is 0.300. The fourth-order valence-corrected chi connectivity index (χ4v) is 3.65. The maximum absolute atomic E-state index is 12.7. The maximum atomic E-state index is 12.7. The van der Waals surface area contributed by atoms with Gasteiger partial charge in [0.15, 0.2) is 5.65 Å². The monoisotopic (exact) mass is 317 g/mol. The highest BCUT2D eigenvalue weighted by Gasteiger charge is 2.38. The second-order valence-corrected chi connectivity index (χ2v) is 6.18. The molecular weight excluding hydrogens is 298 g/mol. The first-order valence-electron chi connectivity index (χ1n) is 7.93. The van der Waals surface area contributed by atoms with Crippen LogP contribution in [0.1, 0.15) is 19.3 Å². The Labute approximate surface area is 132 Å². The number of carbonyl (C=O) groups is 1. The molecule has 2 aliphatic rings. The van der Waals surface area contributed by atoms with Crippen molar-refractivity contribution in [2.24, 2.45) is 7.05 Å². The summed E-state index contributed by atoms with van der Waals surface area (Å²) in [6, 6.07) is 0.155. The third kappa shape index (κ3) is 2.33. The molecule has 0 radical (unpaired) electrons. The molecule has 0 spiro atoms. The molecule has 0 bridgehead atoms. The van der Waals surface area contributed by atoms with E-state index >= 15 is 0 Å². The standard InChI is InChI=1S/C15H19N5O3/c1-18-14-10(7-17-18)15(22)19(9-16-14)8-13(21)20-5-6-23-12-4-2-3-11(12)20/h7,9,11-12H,2-6,8H2,1H3. The first-order valence-corrected chi connectivity index (χ1v) is 7.93. The molecule has 8 nitrogen and oxygen atoms in total. The van der Waals surface area contributed by atoms with Gasteiger partial charge in [-0.1, -0.05) is 0 Å². The summed E-state index contributed by atoms with van der Waals surface area (Å²) in [5, 5.41) is 4.47. The van der Waals surface area contributed by atoms with Crippen LogP contribution in [0.3, 0.4) is 0 Å². The lowest BCUT2D eigenvalue weighted by atomic mass is 10.1. The minimum absolute atomic E-state index is 0.0138. The van der Waals surface area contributed by atoms with E-state index in [9.17, 15) is 9.59 Å². The average molecular weight is 317 g/mol. The number of hydrogen-bond acceptors (Lipinski definition) is 5. The number of amides is 1. The molecule has 2 aromatic rings. The summed E-state index contributed by atoms with van der Waals surface area (Å²) in [5.74, 6) is -0.0441. The number of rotatable bonds is 2. The van der Waals surface area contributed by atoms with Gasteiger partial charge in [-0.3, -0.25) is 18.8 Å². The quantitative estimate of drug-likeness (QED) is 0.773. The highest BCUT2D eigenvalue weighted by Crippen LogP contribution is 2.29. The van der Waals surface area contributed by atoms with Gasteiger partial charge in [0, 0.05) is 13.6 Å². The van der Waals surface area contributed by atoms with Crippen molar-refractivity contribution in [3.8, 4) is 0 Å². The molecule has 3 heterocycles. The van der Waals surface area contributed by atoms with E-state index in [1.54, 1.807) is 11.7 Å². The van der Waals surface area contributed by atoms with Crippen molar-refractivity contribution in [2.45, 2.75) is 38.0 Å². The van der Waals surface area contributed by atoms with E-state index in [1.807, 2.05) is 4.90 Å². The molecule has 23 heavy (non-hydrogen) atoms. The Morgan fingerprint density at radius 2 is 2.30 bits per heavy atom. The number of ether oxygens (including phenoxy) is 1. The Morgan fingerprint density at radius 3 is 3.17 bits per heavy atom. The first-order chi connectivity index (χ1) is 11.1. The number of morpholine rings is 1. The van der Waals surface area contributed by atoms with Crippen LogP contribution in [-0.2, 0) is 23.1 Å². The van der Waals surface area contributed by atoms with Crippen LogP contribution >= 0.6 is 0 Å². The topological polar surface area (TPSA) is 82.2 Å². The van der Waals surface area contributed by atoms with Crippen molar-refractivity contribution >= 4 is 16.9 Å². The Kier molecular flexibility index (Phi) is 3.41. The van der Waals surface area contributed by atoms with Gasteiger partial charge in [0.1, 0.15) is 18.3 Å². The van der Waals surface area contributed by atoms with Gasteiger partial charge in [-0.05, 0) is 19.3 Å². The molecule has 122 valence electrons. The predicted molar refractivity (Wildman–Crippen MR) is 81.9 cm³/mol. The average Bonchev–Trinajstić information content (AvgIpc) is 3.16. The third-order valence-electron chi connectivity index (χ3n) is 4.83. The number of hydrogen-bond donors (Lipinski definition) is 0. The second kappa shape index (κ2) is 5.45. The molecule has 2 atom stereocenters. The lowest BCUT2D eigenvalue weighted by molar-refractivity contribution is -0.144. The van der Waals surface area contributed by atoms with Gasteiger partial charge >= 0.3 is 0 Å². The van der Waals surface area contributed by atoms with Crippen LogP contribution in [0.2, 0.25) is 0 Å². The summed E-state index contributed by atoms with van der Waals surface area (Å²) in [7, 11) is 1.73. The normalized spacial score (nSPS) is 24.1. The summed E-state index contributed by atoms with van der Waals surface area (Å²) in [6.45, 7) is 1.18. The molecule has 4 rings (SSSR count). The Morgan fingerprint density at radius 1 is 1.43 bits per heavy atom. The van der Waals surface area contributed by atoms with Gasteiger partial charge in [0.05, 0.1) is 24.9 Å². The van der Waals surface area contributed by atoms with E-state index in [0.29, 0.717) is 24.2 Å². The summed E-state index contributed by atoms with van der Waals surface area (Å²) in [4.78, 5) is 31.2. The number of fused-ring (bicyclic) bond motifs is 2.